The van der Waals surface area contributed by atoms with Crippen molar-refractivity contribution in [1.82, 2.24) is 9.97 Å². The van der Waals surface area contributed by atoms with E-state index in [-0.39, 0.29) is 22.2 Å². The molecular formula is C22H20N4O4S2. The van der Waals surface area contributed by atoms with Crippen LogP contribution in [0.2, 0.25) is 0 Å². The maximum Gasteiger partial charge on any atom is 0.263 e. The summed E-state index contributed by atoms with van der Waals surface area (Å²) in [5, 5.41) is 24.7. The summed E-state index contributed by atoms with van der Waals surface area (Å²) in [6.45, 7) is 3.68. The molecule has 164 valence electrons. The number of pyridine rings is 1. The van der Waals surface area contributed by atoms with Gasteiger partial charge in [0.15, 0.2) is 16.6 Å². The van der Waals surface area contributed by atoms with Crippen molar-refractivity contribution in [3.8, 4) is 22.8 Å². The summed E-state index contributed by atoms with van der Waals surface area (Å²) in [7, 11) is -3.77. The van der Waals surface area contributed by atoms with Gasteiger partial charge in [-0.1, -0.05) is 0 Å². The molecule has 0 saturated heterocycles. The first-order chi connectivity index (χ1) is 15.2. The van der Waals surface area contributed by atoms with E-state index in [9.17, 15) is 18.6 Å². The topological polar surface area (TPSA) is 124 Å². The minimum atomic E-state index is -3.77. The highest BCUT2D eigenvalue weighted by molar-refractivity contribution is 7.92. The highest BCUT2D eigenvalue weighted by Crippen LogP contribution is 2.33. The van der Waals surface area contributed by atoms with E-state index in [0.717, 1.165) is 11.3 Å². The number of hydrogen-bond acceptors (Lipinski definition) is 8. The SMILES string of the molecule is Cc1cc(C)nc(NS(=O)(=O)c2ccc(Nc3nc(-c4ccc(O)c(O)c4)cs3)cc2)c1. The van der Waals surface area contributed by atoms with Crippen molar-refractivity contribution in [3.63, 3.8) is 0 Å². The largest absolute Gasteiger partial charge is 0.504 e. The number of rotatable bonds is 6. The van der Waals surface area contributed by atoms with Gasteiger partial charge in [-0.05, 0) is 74.0 Å². The number of nitrogens with one attached hydrogen (secondary N) is 2. The fraction of sp³-hybridized carbons (Fsp3) is 0.0909. The maximum absolute atomic E-state index is 12.7. The fourth-order valence-electron chi connectivity index (χ4n) is 3.08. The highest BCUT2D eigenvalue weighted by Gasteiger charge is 2.15. The Morgan fingerprint density at radius 3 is 2.34 bits per heavy atom. The smallest absolute Gasteiger partial charge is 0.263 e. The van der Waals surface area contributed by atoms with E-state index in [0.29, 0.717) is 22.1 Å². The lowest BCUT2D eigenvalue weighted by molar-refractivity contribution is 0.404. The Morgan fingerprint density at radius 2 is 1.66 bits per heavy atom. The van der Waals surface area contributed by atoms with E-state index in [2.05, 4.69) is 20.0 Å². The molecule has 4 aromatic rings. The van der Waals surface area contributed by atoms with Crippen molar-refractivity contribution in [2.75, 3.05) is 10.0 Å². The summed E-state index contributed by atoms with van der Waals surface area (Å²) in [5.41, 5.74) is 3.62. The van der Waals surface area contributed by atoms with Crippen LogP contribution in [0.15, 0.2) is 64.9 Å². The van der Waals surface area contributed by atoms with Crippen LogP contribution in [0.3, 0.4) is 0 Å². The second-order valence-electron chi connectivity index (χ2n) is 7.17. The number of aromatic nitrogens is 2. The molecule has 0 spiro atoms. The molecule has 4 N–H and O–H groups in total. The standard InChI is InChI=1S/C22H20N4O4S2/c1-13-9-14(2)23-21(10-13)26-32(29,30)17-6-4-16(5-7-17)24-22-25-18(12-31-22)15-3-8-19(27)20(28)11-15/h3-12,27-28H,1-2H3,(H,23,26)(H,24,25). The van der Waals surface area contributed by atoms with Gasteiger partial charge in [0, 0.05) is 22.3 Å². The van der Waals surface area contributed by atoms with Crippen LogP contribution in [0.4, 0.5) is 16.6 Å². The van der Waals surface area contributed by atoms with Gasteiger partial charge in [-0.3, -0.25) is 4.72 Å². The molecule has 0 amide bonds. The third-order valence-electron chi connectivity index (χ3n) is 4.53. The van der Waals surface area contributed by atoms with E-state index in [1.807, 2.05) is 18.4 Å². The third kappa shape index (κ3) is 4.82. The van der Waals surface area contributed by atoms with Gasteiger partial charge < -0.3 is 15.5 Å². The molecule has 0 radical (unpaired) electrons. The summed E-state index contributed by atoms with van der Waals surface area (Å²) in [6, 6.07) is 14.3. The van der Waals surface area contributed by atoms with Crippen molar-refractivity contribution in [2.45, 2.75) is 18.7 Å². The van der Waals surface area contributed by atoms with Crippen LogP contribution in [0.1, 0.15) is 11.3 Å². The second-order valence-corrected chi connectivity index (χ2v) is 9.71. The number of hydrogen-bond donors (Lipinski definition) is 4. The number of nitrogens with zero attached hydrogens (tertiary/aromatic N) is 2. The summed E-state index contributed by atoms with van der Waals surface area (Å²) in [6.07, 6.45) is 0. The monoisotopic (exact) mass is 468 g/mol. The van der Waals surface area contributed by atoms with Gasteiger partial charge in [-0.2, -0.15) is 0 Å². The zero-order valence-electron chi connectivity index (χ0n) is 17.2. The lowest BCUT2D eigenvalue weighted by Gasteiger charge is -2.10. The molecule has 2 aromatic heterocycles. The Bertz CT molecular complexity index is 1360. The van der Waals surface area contributed by atoms with E-state index < -0.39 is 10.0 Å². The second kappa shape index (κ2) is 8.48. The van der Waals surface area contributed by atoms with Gasteiger partial charge in [0.1, 0.15) is 5.82 Å². The van der Waals surface area contributed by atoms with Crippen LogP contribution in [0.25, 0.3) is 11.3 Å². The third-order valence-corrected chi connectivity index (χ3v) is 6.66. The Hall–Kier alpha value is -3.63. The highest BCUT2D eigenvalue weighted by atomic mass is 32.2. The van der Waals surface area contributed by atoms with E-state index in [1.165, 1.54) is 35.6 Å². The average Bonchev–Trinajstić information content (AvgIpc) is 3.18. The number of aryl methyl sites for hydroxylation is 2. The molecule has 2 aromatic carbocycles. The Balaban J connectivity index is 1.48. The van der Waals surface area contributed by atoms with Gasteiger partial charge in [0.25, 0.3) is 10.0 Å². The van der Waals surface area contributed by atoms with Crippen LogP contribution >= 0.6 is 11.3 Å². The van der Waals surface area contributed by atoms with Crippen molar-refractivity contribution in [2.24, 2.45) is 0 Å². The molecular weight excluding hydrogens is 448 g/mol. The number of thiazole rings is 1. The number of benzene rings is 2. The molecule has 4 rings (SSSR count). The normalized spacial score (nSPS) is 11.3. The maximum atomic E-state index is 12.7. The summed E-state index contributed by atoms with van der Waals surface area (Å²) in [4.78, 5) is 8.80. The molecule has 0 fully saturated rings. The van der Waals surface area contributed by atoms with Crippen molar-refractivity contribution < 1.29 is 18.6 Å². The molecule has 32 heavy (non-hydrogen) atoms. The van der Waals surface area contributed by atoms with E-state index >= 15 is 0 Å². The van der Waals surface area contributed by atoms with Gasteiger partial charge in [-0.15, -0.1) is 11.3 Å². The molecule has 0 atom stereocenters. The van der Waals surface area contributed by atoms with Gasteiger partial charge in [-0.25, -0.2) is 18.4 Å². The number of aromatic hydroxyl groups is 2. The van der Waals surface area contributed by atoms with Crippen molar-refractivity contribution >= 4 is 38.0 Å². The quantitative estimate of drug-likeness (QED) is 0.300. The predicted molar refractivity (Wildman–Crippen MR) is 125 cm³/mol. The Kier molecular flexibility index (Phi) is 5.72. The minimum Gasteiger partial charge on any atom is -0.504 e. The lowest BCUT2D eigenvalue weighted by Crippen LogP contribution is -2.14. The molecule has 0 unspecified atom stereocenters. The van der Waals surface area contributed by atoms with Crippen LogP contribution in [0, 0.1) is 13.8 Å². The van der Waals surface area contributed by atoms with Crippen LogP contribution < -0.4 is 10.0 Å². The summed E-state index contributed by atoms with van der Waals surface area (Å²) < 4.78 is 27.9. The molecule has 10 heteroatoms. The summed E-state index contributed by atoms with van der Waals surface area (Å²) >= 11 is 1.36. The number of sulfonamides is 1. The van der Waals surface area contributed by atoms with E-state index in [1.54, 1.807) is 31.2 Å². The van der Waals surface area contributed by atoms with Gasteiger partial charge >= 0.3 is 0 Å². The Labute approximate surface area is 189 Å². The first-order valence-electron chi connectivity index (χ1n) is 9.53. The van der Waals surface area contributed by atoms with Crippen molar-refractivity contribution in [3.05, 3.63) is 71.2 Å². The van der Waals surface area contributed by atoms with Crippen molar-refractivity contribution in [1.29, 1.82) is 0 Å². The molecule has 0 saturated carbocycles. The summed E-state index contributed by atoms with van der Waals surface area (Å²) in [5.74, 6) is -0.133. The molecule has 0 aliphatic carbocycles. The number of phenols is 2. The zero-order chi connectivity index (χ0) is 22.9. The average molecular weight is 469 g/mol. The van der Waals surface area contributed by atoms with Crippen LogP contribution in [-0.2, 0) is 10.0 Å². The van der Waals surface area contributed by atoms with Gasteiger partial charge in [0.05, 0.1) is 10.6 Å². The zero-order valence-corrected chi connectivity index (χ0v) is 18.8. The minimum absolute atomic E-state index is 0.114. The van der Waals surface area contributed by atoms with E-state index in [4.69, 9.17) is 0 Å². The first-order valence-corrected chi connectivity index (χ1v) is 11.9. The molecule has 0 aliphatic rings. The van der Waals surface area contributed by atoms with Crippen LogP contribution in [0.5, 0.6) is 11.5 Å². The van der Waals surface area contributed by atoms with Crippen LogP contribution in [-0.4, -0.2) is 28.6 Å². The number of anilines is 3. The molecule has 2 heterocycles. The molecule has 8 nitrogen and oxygen atoms in total. The molecule has 0 aliphatic heterocycles. The van der Waals surface area contributed by atoms with Gasteiger partial charge in [0.2, 0.25) is 0 Å². The first kappa shape index (κ1) is 21.6. The molecule has 0 bridgehead atoms. The lowest BCUT2D eigenvalue weighted by atomic mass is 10.1. The predicted octanol–water partition coefficient (Wildman–Crippen LogP) is 4.78. The fourth-order valence-corrected chi connectivity index (χ4v) is 4.81. The number of phenolic OH excluding ortho intramolecular Hbond substituents is 2. The Morgan fingerprint density at radius 1 is 0.906 bits per heavy atom.